The van der Waals surface area contributed by atoms with Gasteiger partial charge in [0.25, 0.3) is 5.91 Å². The summed E-state index contributed by atoms with van der Waals surface area (Å²) in [6.45, 7) is 3.58. The Morgan fingerprint density at radius 2 is 1.95 bits per heavy atom. The maximum absolute atomic E-state index is 12.3. The van der Waals surface area contributed by atoms with Crippen LogP contribution < -0.4 is 5.32 Å². The number of carbonyl (C=O) groups excluding carboxylic acids is 1. The number of aryl methyl sites for hydroxylation is 1. The number of aromatic hydroxyl groups is 1. The SMILES string of the molecule is Cc1ccc(NC(=O)c2cc(Cl)ccc2I)c(C)c1O. The molecule has 2 aromatic carbocycles. The molecule has 2 N–H and O–H groups in total. The number of anilines is 1. The van der Waals surface area contributed by atoms with Crippen LogP contribution >= 0.6 is 34.2 Å². The second kappa shape index (κ2) is 6.01. The molecule has 2 aromatic rings. The molecule has 5 heteroatoms. The molecule has 0 aromatic heterocycles. The summed E-state index contributed by atoms with van der Waals surface area (Å²) >= 11 is 8.00. The van der Waals surface area contributed by atoms with Gasteiger partial charge in [0.1, 0.15) is 5.75 Å². The quantitative estimate of drug-likeness (QED) is 0.727. The number of phenols is 1. The second-order valence-corrected chi connectivity index (χ2v) is 6.08. The number of halogens is 2. The summed E-state index contributed by atoms with van der Waals surface area (Å²) in [6, 6.07) is 8.70. The number of hydrogen-bond acceptors (Lipinski definition) is 2. The Hall–Kier alpha value is -1.27. The molecule has 0 saturated carbocycles. The summed E-state index contributed by atoms with van der Waals surface area (Å²) in [4.78, 5) is 12.3. The number of rotatable bonds is 2. The van der Waals surface area contributed by atoms with E-state index in [9.17, 15) is 9.90 Å². The van der Waals surface area contributed by atoms with Gasteiger partial charge in [-0.2, -0.15) is 0 Å². The van der Waals surface area contributed by atoms with Gasteiger partial charge < -0.3 is 10.4 Å². The standard InChI is InChI=1S/C15H13ClINO2/c1-8-3-6-13(9(2)14(8)19)18-15(20)11-7-10(16)4-5-12(11)17/h3-7,19H,1-2H3,(H,18,20). The van der Waals surface area contributed by atoms with Crippen molar-refractivity contribution in [3.63, 3.8) is 0 Å². The van der Waals surface area contributed by atoms with E-state index in [2.05, 4.69) is 27.9 Å². The topological polar surface area (TPSA) is 49.3 Å². The third-order valence-corrected chi connectivity index (χ3v) is 4.23. The minimum absolute atomic E-state index is 0.198. The highest BCUT2D eigenvalue weighted by Gasteiger charge is 2.13. The first-order valence-corrected chi connectivity index (χ1v) is 7.41. The number of carbonyl (C=O) groups is 1. The Morgan fingerprint density at radius 1 is 1.25 bits per heavy atom. The van der Waals surface area contributed by atoms with Gasteiger partial charge in [0.2, 0.25) is 0 Å². The molecule has 104 valence electrons. The van der Waals surface area contributed by atoms with Gasteiger partial charge in [-0.15, -0.1) is 0 Å². The molecule has 2 rings (SSSR count). The molecule has 0 radical (unpaired) electrons. The van der Waals surface area contributed by atoms with Gasteiger partial charge in [-0.05, 0) is 66.3 Å². The van der Waals surface area contributed by atoms with E-state index < -0.39 is 0 Å². The second-order valence-electron chi connectivity index (χ2n) is 4.48. The van der Waals surface area contributed by atoms with Crippen molar-refractivity contribution in [1.82, 2.24) is 0 Å². The Bertz CT molecular complexity index is 686. The summed E-state index contributed by atoms with van der Waals surface area (Å²) in [6.07, 6.45) is 0. The smallest absolute Gasteiger partial charge is 0.256 e. The molecule has 0 bridgehead atoms. The monoisotopic (exact) mass is 401 g/mol. The molecular weight excluding hydrogens is 389 g/mol. The summed E-state index contributed by atoms with van der Waals surface area (Å²) < 4.78 is 0.818. The van der Waals surface area contributed by atoms with Gasteiger partial charge in [-0.3, -0.25) is 4.79 Å². The zero-order valence-corrected chi connectivity index (χ0v) is 13.9. The van der Waals surface area contributed by atoms with Crippen molar-refractivity contribution in [1.29, 1.82) is 0 Å². The predicted molar refractivity (Wildman–Crippen MR) is 89.7 cm³/mol. The van der Waals surface area contributed by atoms with Crippen molar-refractivity contribution in [2.45, 2.75) is 13.8 Å². The van der Waals surface area contributed by atoms with Gasteiger partial charge in [0, 0.05) is 19.8 Å². The van der Waals surface area contributed by atoms with Gasteiger partial charge in [-0.25, -0.2) is 0 Å². The third kappa shape index (κ3) is 3.07. The lowest BCUT2D eigenvalue weighted by Gasteiger charge is -2.12. The van der Waals surface area contributed by atoms with Crippen LogP contribution in [-0.4, -0.2) is 11.0 Å². The Morgan fingerprint density at radius 3 is 2.65 bits per heavy atom. The normalized spacial score (nSPS) is 10.4. The van der Waals surface area contributed by atoms with Gasteiger partial charge >= 0.3 is 0 Å². The van der Waals surface area contributed by atoms with Crippen LogP contribution in [0.4, 0.5) is 5.69 Å². The molecule has 0 heterocycles. The summed E-state index contributed by atoms with van der Waals surface area (Å²) in [5, 5.41) is 13.2. The Kier molecular flexibility index (Phi) is 4.55. The zero-order valence-electron chi connectivity index (χ0n) is 11.0. The van der Waals surface area contributed by atoms with Crippen LogP contribution in [0.1, 0.15) is 21.5 Å². The van der Waals surface area contributed by atoms with Crippen molar-refractivity contribution in [3.05, 3.63) is 55.6 Å². The summed E-state index contributed by atoms with van der Waals surface area (Å²) in [7, 11) is 0. The van der Waals surface area contributed by atoms with E-state index in [0.29, 0.717) is 21.8 Å². The van der Waals surface area contributed by atoms with Crippen molar-refractivity contribution >= 4 is 45.8 Å². The molecule has 0 atom stereocenters. The number of phenolic OH excluding ortho intramolecular Hbond substituents is 1. The molecule has 0 spiro atoms. The molecule has 0 aliphatic carbocycles. The number of benzene rings is 2. The highest BCUT2D eigenvalue weighted by molar-refractivity contribution is 14.1. The highest BCUT2D eigenvalue weighted by atomic mass is 127. The van der Waals surface area contributed by atoms with E-state index >= 15 is 0 Å². The summed E-state index contributed by atoms with van der Waals surface area (Å²) in [5.74, 6) is -0.0492. The molecule has 0 aliphatic rings. The maximum Gasteiger partial charge on any atom is 0.256 e. The number of hydrogen-bond donors (Lipinski definition) is 2. The van der Waals surface area contributed by atoms with Crippen molar-refractivity contribution in [3.8, 4) is 5.75 Å². The van der Waals surface area contributed by atoms with E-state index in [1.165, 1.54) is 0 Å². The molecule has 0 saturated heterocycles. The van der Waals surface area contributed by atoms with Gasteiger partial charge in [0.05, 0.1) is 5.56 Å². The Labute approximate surface area is 136 Å². The van der Waals surface area contributed by atoms with Crippen LogP contribution in [0.25, 0.3) is 0 Å². The van der Waals surface area contributed by atoms with Crippen LogP contribution in [0.15, 0.2) is 30.3 Å². The van der Waals surface area contributed by atoms with Crippen LogP contribution in [0.5, 0.6) is 5.75 Å². The molecule has 3 nitrogen and oxygen atoms in total. The average Bonchev–Trinajstić information content (AvgIpc) is 2.42. The fraction of sp³-hybridized carbons (Fsp3) is 0.133. The molecule has 1 amide bonds. The van der Waals surface area contributed by atoms with Crippen molar-refractivity contribution in [2.24, 2.45) is 0 Å². The van der Waals surface area contributed by atoms with Crippen LogP contribution in [0.2, 0.25) is 5.02 Å². The lowest BCUT2D eigenvalue weighted by atomic mass is 10.1. The maximum atomic E-state index is 12.3. The summed E-state index contributed by atoms with van der Waals surface area (Å²) in [5.41, 5.74) is 2.53. The van der Waals surface area contributed by atoms with Crippen molar-refractivity contribution in [2.75, 3.05) is 5.32 Å². The number of amides is 1. The van der Waals surface area contributed by atoms with Crippen LogP contribution in [0, 0.1) is 17.4 Å². The molecule has 0 fully saturated rings. The fourth-order valence-electron chi connectivity index (χ4n) is 1.83. The minimum atomic E-state index is -0.247. The highest BCUT2D eigenvalue weighted by Crippen LogP contribution is 2.29. The lowest BCUT2D eigenvalue weighted by Crippen LogP contribution is -2.14. The lowest BCUT2D eigenvalue weighted by molar-refractivity contribution is 0.102. The molecule has 0 unspecified atom stereocenters. The number of nitrogens with one attached hydrogen (secondary N) is 1. The van der Waals surface area contributed by atoms with Crippen molar-refractivity contribution < 1.29 is 9.90 Å². The van der Waals surface area contributed by atoms with Crippen LogP contribution in [-0.2, 0) is 0 Å². The van der Waals surface area contributed by atoms with E-state index in [-0.39, 0.29) is 11.7 Å². The molecular formula is C15H13ClINO2. The van der Waals surface area contributed by atoms with E-state index in [0.717, 1.165) is 9.13 Å². The van der Waals surface area contributed by atoms with E-state index in [1.54, 1.807) is 37.3 Å². The average molecular weight is 402 g/mol. The molecule has 0 aliphatic heterocycles. The van der Waals surface area contributed by atoms with Gasteiger partial charge in [0.15, 0.2) is 0 Å². The van der Waals surface area contributed by atoms with E-state index in [1.807, 2.05) is 6.92 Å². The van der Waals surface area contributed by atoms with E-state index in [4.69, 9.17) is 11.6 Å². The molecule has 20 heavy (non-hydrogen) atoms. The third-order valence-electron chi connectivity index (χ3n) is 3.05. The first kappa shape index (κ1) is 15.1. The zero-order chi connectivity index (χ0) is 14.9. The first-order valence-electron chi connectivity index (χ1n) is 5.95. The fourth-order valence-corrected chi connectivity index (χ4v) is 2.58. The largest absolute Gasteiger partial charge is 0.507 e. The predicted octanol–water partition coefficient (Wildman–Crippen LogP) is 4.52. The first-order chi connectivity index (χ1) is 9.40. The van der Waals surface area contributed by atoms with Gasteiger partial charge in [-0.1, -0.05) is 17.7 Å². The minimum Gasteiger partial charge on any atom is -0.507 e. The Balaban J connectivity index is 2.33. The van der Waals surface area contributed by atoms with Crippen LogP contribution in [0.3, 0.4) is 0 Å².